The quantitative estimate of drug-likeness (QED) is 0.192. The summed E-state index contributed by atoms with van der Waals surface area (Å²) in [6, 6.07) is 4.57. The molecule has 3 N–H and O–H groups in total. The summed E-state index contributed by atoms with van der Waals surface area (Å²) >= 11 is 2.28. The van der Waals surface area contributed by atoms with Crippen LogP contribution in [0.5, 0.6) is 0 Å². The molecule has 2 amide bonds. The van der Waals surface area contributed by atoms with Gasteiger partial charge in [-0.3, -0.25) is 14.5 Å². The highest BCUT2D eigenvalue weighted by Gasteiger charge is 2.53. The van der Waals surface area contributed by atoms with Gasteiger partial charge in [0.15, 0.2) is 24.1 Å². The number of aliphatic carboxylic acids is 1. The monoisotopic (exact) mass is 529 g/mol. The number of aromatic nitrogens is 3. The third kappa shape index (κ3) is 4.78. The molecule has 2 fully saturated rings. The van der Waals surface area contributed by atoms with Crippen LogP contribution in [0.3, 0.4) is 0 Å². The molecular weight excluding hydrogens is 506 g/mol. The number of thioether (sulfide) groups is 1. The van der Waals surface area contributed by atoms with E-state index in [0.717, 1.165) is 37.2 Å². The molecule has 36 heavy (non-hydrogen) atoms. The normalized spacial score (nSPS) is 22.3. The number of fused-ring (bicyclic) bond motifs is 1. The Labute approximate surface area is 214 Å². The number of pyridine rings is 1. The fraction of sp³-hybridized carbons (Fsp3) is 0.409. The van der Waals surface area contributed by atoms with Crippen molar-refractivity contribution in [3.8, 4) is 0 Å². The van der Waals surface area contributed by atoms with Crippen molar-refractivity contribution in [1.29, 1.82) is 0 Å². The van der Waals surface area contributed by atoms with Gasteiger partial charge in [0.2, 0.25) is 11.5 Å². The van der Waals surface area contributed by atoms with Gasteiger partial charge in [0.1, 0.15) is 17.5 Å². The summed E-state index contributed by atoms with van der Waals surface area (Å²) in [6.07, 6.45) is 7.23. The van der Waals surface area contributed by atoms with Crippen LogP contribution in [0.1, 0.15) is 31.5 Å². The molecule has 1 unspecified atom stereocenters. The summed E-state index contributed by atoms with van der Waals surface area (Å²) < 4.78 is 5.88. The zero-order chi connectivity index (χ0) is 25.2. The number of hydrogen-bond donors (Lipinski definition) is 2. The van der Waals surface area contributed by atoms with Crippen LogP contribution in [0, 0.1) is 0 Å². The van der Waals surface area contributed by atoms with Crippen LogP contribution in [0.15, 0.2) is 47.0 Å². The van der Waals surface area contributed by atoms with Crippen LogP contribution in [-0.2, 0) is 25.8 Å². The van der Waals surface area contributed by atoms with Gasteiger partial charge >= 0.3 is 0 Å². The number of nitrogens with zero attached hydrogens (tertiary/aromatic N) is 5. The van der Waals surface area contributed by atoms with Crippen molar-refractivity contribution in [3.63, 3.8) is 0 Å². The number of nitrogens with two attached hydrogens (primary N) is 1. The largest absolute Gasteiger partial charge is 0.543 e. The molecule has 2 aliphatic heterocycles. The first-order valence-electron chi connectivity index (χ1n) is 11.4. The molecule has 188 valence electrons. The molecule has 0 bridgehead atoms. The fourth-order valence-corrected chi connectivity index (χ4v) is 6.17. The number of nitrogen functional groups attached to an aromatic ring is 1. The first-order valence-corrected chi connectivity index (χ1v) is 13.2. The van der Waals surface area contributed by atoms with Crippen LogP contribution in [0.4, 0.5) is 5.13 Å². The molecule has 0 aromatic carbocycles. The highest BCUT2D eigenvalue weighted by molar-refractivity contribution is 8.00. The third-order valence-electron chi connectivity index (χ3n) is 6.14. The van der Waals surface area contributed by atoms with Crippen molar-refractivity contribution in [2.24, 2.45) is 5.16 Å². The van der Waals surface area contributed by atoms with E-state index in [4.69, 9.17) is 10.6 Å². The molecule has 4 heterocycles. The van der Waals surface area contributed by atoms with Gasteiger partial charge in [0.05, 0.1) is 11.7 Å². The van der Waals surface area contributed by atoms with E-state index in [0.29, 0.717) is 17.9 Å². The number of nitrogens with one attached hydrogen (secondary N) is 1. The first-order chi connectivity index (χ1) is 17.4. The Morgan fingerprint density at radius 1 is 1.28 bits per heavy atom. The number of carbonyl (C=O) groups is 3. The molecule has 1 aliphatic carbocycles. The summed E-state index contributed by atoms with van der Waals surface area (Å²) in [5.41, 5.74) is 5.90. The Hall–Kier alpha value is -3.52. The van der Waals surface area contributed by atoms with Crippen molar-refractivity contribution in [2.45, 2.75) is 49.7 Å². The van der Waals surface area contributed by atoms with E-state index in [9.17, 15) is 19.5 Å². The number of anilines is 1. The molecule has 1 saturated heterocycles. The lowest BCUT2D eigenvalue weighted by atomic mass is 10.0. The molecule has 14 heteroatoms. The lowest BCUT2D eigenvalue weighted by molar-refractivity contribution is -0.689. The number of carboxylic acid groups (broad SMARTS) is 1. The van der Waals surface area contributed by atoms with E-state index in [1.165, 1.54) is 16.7 Å². The SMILES string of the molecule is Nc1nc(C(=NOC2CCCC2)C(=O)NC2C(=O)N3C(C(=O)[O-])=C(C[n+]4ccccc4)CS[C@@H]23)ns1. The lowest BCUT2D eigenvalue weighted by Crippen LogP contribution is -2.71. The lowest BCUT2D eigenvalue weighted by Gasteiger charge is -2.50. The second-order valence-electron chi connectivity index (χ2n) is 8.56. The molecular formula is C22H23N7O5S2. The topological polar surface area (TPSA) is 167 Å². The number of oxime groups is 1. The predicted molar refractivity (Wildman–Crippen MR) is 128 cm³/mol. The summed E-state index contributed by atoms with van der Waals surface area (Å²) in [5, 5.41) is 18.2. The van der Waals surface area contributed by atoms with Crippen LogP contribution in [0.2, 0.25) is 0 Å². The van der Waals surface area contributed by atoms with Gasteiger partial charge in [-0.25, -0.2) is 4.57 Å². The minimum Gasteiger partial charge on any atom is -0.543 e. The maximum absolute atomic E-state index is 13.1. The van der Waals surface area contributed by atoms with Crippen molar-refractivity contribution < 1.29 is 28.9 Å². The maximum atomic E-state index is 13.1. The highest BCUT2D eigenvalue weighted by atomic mass is 32.2. The van der Waals surface area contributed by atoms with Crippen LogP contribution in [0.25, 0.3) is 0 Å². The molecule has 0 spiro atoms. The summed E-state index contributed by atoms with van der Waals surface area (Å²) in [4.78, 5) is 48.9. The zero-order valence-electron chi connectivity index (χ0n) is 19.0. The van der Waals surface area contributed by atoms with E-state index in [1.54, 1.807) is 0 Å². The Balaban J connectivity index is 1.33. The number of amides is 2. The van der Waals surface area contributed by atoms with Gasteiger partial charge in [-0.15, -0.1) is 11.8 Å². The number of β-lactam (4-membered cyclic amide) rings is 1. The van der Waals surface area contributed by atoms with E-state index < -0.39 is 29.2 Å². The summed E-state index contributed by atoms with van der Waals surface area (Å²) in [5.74, 6) is -2.31. The minimum absolute atomic E-state index is 0.00501. The third-order valence-corrected chi connectivity index (χ3v) is 8.02. The van der Waals surface area contributed by atoms with Gasteiger partial charge in [-0.1, -0.05) is 11.2 Å². The summed E-state index contributed by atoms with van der Waals surface area (Å²) in [7, 11) is 0. The smallest absolute Gasteiger partial charge is 0.278 e. The molecule has 0 radical (unpaired) electrons. The van der Waals surface area contributed by atoms with Crippen LogP contribution < -0.4 is 20.7 Å². The van der Waals surface area contributed by atoms with Crippen LogP contribution >= 0.6 is 23.3 Å². The Morgan fingerprint density at radius 3 is 2.69 bits per heavy atom. The Bertz CT molecular complexity index is 1240. The highest BCUT2D eigenvalue weighted by Crippen LogP contribution is 2.40. The van der Waals surface area contributed by atoms with E-state index >= 15 is 0 Å². The zero-order valence-corrected chi connectivity index (χ0v) is 20.7. The van der Waals surface area contributed by atoms with Gasteiger partial charge < -0.3 is 25.8 Å². The van der Waals surface area contributed by atoms with Gasteiger partial charge in [0.25, 0.3) is 11.8 Å². The Kier molecular flexibility index (Phi) is 6.87. The fourth-order valence-electron chi connectivity index (χ4n) is 4.40. The van der Waals surface area contributed by atoms with E-state index in [2.05, 4.69) is 19.8 Å². The average molecular weight is 530 g/mol. The molecule has 2 atom stereocenters. The minimum atomic E-state index is -1.43. The Morgan fingerprint density at radius 2 is 2.03 bits per heavy atom. The predicted octanol–water partition coefficient (Wildman–Crippen LogP) is -0.825. The molecule has 1 saturated carbocycles. The molecule has 12 nitrogen and oxygen atoms in total. The first kappa shape index (κ1) is 24.2. The molecule has 2 aromatic rings. The standard InChI is InChI=1S/C22H23N7O5S2/c23-22-25-17(27-36-22)14(26-34-13-6-2-3-7-13)18(30)24-15-19(31)29-16(21(32)33)12(11-35-20(15)29)10-28-8-4-1-5-9-28/h1,4-5,8-9,13,15,20H,2-3,6-7,10-11H2,(H3-,23,24,25,27,30,32,33)/t15?,20-/m0/s1. The number of hydrogen-bond acceptors (Lipinski definition) is 11. The van der Waals surface area contributed by atoms with Gasteiger partial charge in [-0.05, 0) is 25.7 Å². The van der Waals surface area contributed by atoms with Crippen molar-refractivity contribution in [1.82, 2.24) is 19.6 Å². The molecule has 2 aromatic heterocycles. The number of carbonyl (C=O) groups excluding carboxylic acids is 3. The van der Waals surface area contributed by atoms with Crippen molar-refractivity contribution in [3.05, 3.63) is 47.7 Å². The van der Waals surface area contributed by atoms with Crippen molar-refractivity contribution in [2.75, 3.05) is 11.5 Å². The van der Waals surface area contributed by atoms with E-state index in [-0.39, 0.29) is 28.5 Å². The van der Waals surface area contributed by atoms with E-state index in [1.807, 2.05) is 35.2 Å². The maximum Gasteiger partial charge on any atom is 0.278 e. The number of rotatable bonds is 8. The van der Waals surface area contributed by atoms with Gasteiger partial charge in [0, 0.05) is 35.0 Å². The van der Waals surface area contributed by atoms with Gasteiger partial charge in [-0.2, -0.15) is 9.36 Å². The summed E-state index contributed by atoms with van der Waals surface area (Å²) in [6.45, 7) is 0.302. The second-order valence-corrected chi connectivity index (χ2v) is 10.4. The van der Waals surface area contributed by atoms with Crippen LogP contribution in [-0.4, -0.2) is 61.0 Å². The second kappa shape index (κ2) is 10.2. The van der Waals surface area contributed by atoms with Crippen molar-refractivity contribution >= 4 is 51.9 Å². The molecule has 3 aliphatic rings. The average Bonchev–Trinajstić information content (AvgIpc) is 3.55. The molecule has 5 rings (SSSR count). The number of carboxylic acids is 1.